The van der Waals surface area contributed by atoms with Crippen molar-refractivity contribution in [2.45, 2.75) is 38.0 Å². The lowest BCUT2D eigenvalue weighted by molar-refractivity contribution is 0.0697. The summed E-state index contributed by atoms with van der Waals surface area (Å²) >= 11 is 0. The summed E-state index contributed by atoms with van der Waals surface area (Å²) in [5, 5.41) is 17.9. The van der Waals surface area contributed by atoms with Gasteiger partial charge in [0.25, 0.3) is 0 Å². The van der Waals surface area contributed by atoms with Crippen LogP contribution in [-0.4, -0.2) is 52.4 Å². The van der Waals surface area contributed by atoms with Crippen molar-refractivity contribution < 1.29 is 9.90 Å². The quantitative estimate of drug-likeness (QED) is 0.886. The number of piperidine rings is 1. The molecule has 0 spiro atoms. The minimum absolute atomic E-state index is 0.293. The molecule has 4 rings (SSSR count). The van der Waals surface area contributed by atoms with Gasteiger partial charge in [-0.25, -0.2) is 9.48 Å². The van der Waals surface area contributed by atoms with Crippen LogP contribution in [0.2, 0.25) is 0 Å². The number of anilines is 1. The topological polar surface area (TPSA) is 70.4 Å². The molecular weight excluding hydrogens is 328 g/mol. The zero-order valence-corrected chi connectivity index (χ0v) is 15.2. The van der Waals surface area contributed by atoms with Crippen LogP contribution in [0, 0.1) is 0 Å². The van der Waals surface area contributed by atoms with Crippen LogP contribution in [0.3, 0.4) is 0 Å². The largest absolute Gasteiger partial charge is 0.478 e. The molecular formula is C20H26N4O2. The number of aromatic nitrogens is 2. The fourth-order valence-corrected chi connectivity index (χ4v) is 4.10. The Bertz CT molecular complexity index is 806. The van der Waals surface area contributed by atoms with Crippen LogP contribution in [0.5, 0.6) is 0 Å². The molecule has 0 atom stereocenters. The second kappa shape index (κ2) is 7.11. The van der Waals surface area contributed by atoms with Gasteiger partial charge in [0.05, 0.1) is 16.9 Å². The fraction of sp³-hybridized carbons (Fsp3) is 0.500. The maximum absolute atomic E-state index is 11.4. The summed E-state index contributed by atoms with van der Waals surface area (Å²) in [5.74, 6) is 0.635. The number of carbonyl (C=O) groups is 1. The first-order valence-corrected chi connectivity index (χ1v) is 9.51. The van der Waals surface area contributed by atoms with Gasteiger partial charge in [0.1, 0.15) is 5.82 Å². The average Bonchev–Trinajstić information content (AvgIpc) is 2.84. The first-order valence-electron chi connectivity index (χ1n) is 9.51. The SMILES string of the molecule is CN1CCC(c2nn(-c3cccc(C(=O)O)c3)c3c2CCCCN3)CC1. The summed E-state index contributed by atoms with van der Waals surface area (Å²) in [5.41, 5.74) is 3.65. The average molecular weight is 354 g/mol. The van der Waals surface area contributed by atoms with E-state index in [-0.39, 0.29) is 0 Å². The predicted molar refractivity (Wildman–Crippen MR) is 101 cm³/mol. The minimum atomic E-state index is -0.909. The van der Waals surface area contributed by atoms with E-state index < -0.39 is 5.97 Å². The number of benzene rings is 1. The van der Waals surface area contributed by atoms with E-state index in [1.807, 2.05) is 10.7 Å². The van der Waals surface area contributed by atoms with Gasteiger partial charge in [-0.3, -0.25) is 0 Å². The molecule has 2 aliphatic heterocycles. The number of carboxylic acid groups (broad SMARTS) is 1. The molecule has 2 aromatic rings. The number of fused-ring (bicyclic) bond motifs is 1. The molecule has 0 bridgehead atoms. The molecule has 3 heterocycles. The van der Waals surface area contributed by atoms with E-state index in [9.17, 15) is 9.90 Å². The summed E-state index contributed by atoms with van der Waals surface area (Å²) in [4.78, 5) is 13.7. The molecule has 26 heavy (non-hydrogen) atoms. The van der Waals surface area contributed by atoms with Crippen LogP contribution in [-0.2, 0) is 6.42 Å². The van der Waals surface area contributed by atoms with Gasteiger partial charge >= 0.3 is 5.97 Å². The van der Waals surface area contributed by atoms with Crippen LogP contribution < -0.4 is 5.32 Å². The van der Waals surface area contributed by atoms with E-state index in [4.69, 9.17) is 5.10 Å². The van der Waals surface area contributed by atoms with Crippen molar-refractivity contribution in [3.63, 3.8) is 0 Å². The lowest BCUT2D eigenvalue weighted by Crippen LogP contribution is -2.29. The summed E-state index contributed by atoms with van der Waals surface area (Å²) in [6.07, 6.45) is 5.63. The molecule has 2 aliphatic rings. The molecule has 0 radical (unpaired) electrons. The number of carboxylic acids is 1. The molecule has 1 aromatic carbocycles. The number of nitrogens with one attached hydrogen (secondary N) is 1. The van der Waals surface area contributed by atoms with Gasteiger partial charge in [-0.1, -0.05) is 6.07 Å². The normalized spacial score (nSPS) is 18.8. The number of rotatable bonds is 3. The Morgan fingerprint density at radius 2 is 2.08 bits per heavy atom. The van der Waals surface area contributed by atoms with E-state index in [1.54, 1.807) is 18.2 Å². The maximum Gasteiger partial charge on any atom is 0.335 e. The predicted octanol–water partition coefficient (Wildman–Crippen LogP) is 3.13. The van der Waals surface area contributed by atoms with Crippen LogP contribution in [0.25, 0.3) is 5.69 Å². The van der Waals surface area contributed by atoms with E-state index in [1.165, 1.54) is 17.7 Å². The van der Waals surface area contributed by atoms with E-state index >= 15 is 0 Å². The van der Waals surface area contributed by atoms with Crippen molar-refractivity contribution in [3.8, 4) is 5.69 Å². The summed E-state index contributed by atoms with van der Waals surface area (Å²) in [6.45, 7) is 3.15. The highest BCUT2D eigenvalue weighted by atomic mass is 16.4. The molecule has 0 saturated carbocycles. The fourth-order valence-electron chi connectivity index (χ4n) is 4.10. The zero-order chi connectivity index (χ0) is 18.1. The van der Waals surface area contributed by atoms with Crippen molar-refractivity contribution in [1.29, 1.82) is 0 Å². The standard InChI is InChI=1S/C20H26N4O2/c1-23-11-8-14(9-12-23)18-17-7-2-3-10-21-19(17)24(22-18)16-6-4-5-15(13-16)20(25)26/h4-6,13-14,21H,2-3,7-12H2,1H3,(H,25,26). The van der Waals surface area contributed by atoms with Crippen molar-refractivity contribution in [3.05, 3.63) is 41.1 Å². The van der Waals surface area contributed by atoms with Crippen LogP contribution >= 0.6 is 0 Å². The van der Waals surface area contributed by atoms with Crippen molar-refractivity contribution >= 4 is 11.8 Å². The molecule has 2 N–H and O–H groups in total. The number of nitrogens with zero attached hydrogens (tertiary/aromatic N) is 3. The van der Waals surface area contributed by atoms with Gasteiger partial charge in [-0.2, -0.15) is 5.10 Å². The second-order valence-electron chi connectivity index (χ2n) is 7.44. The molecule has 1 saturated heterocycles. The van der Waals surface area contributed by atoms with E-state index in [0.29, 0.717) is 11.5 Å². The van der Waals surface area contributed by atoms with Crippen LogP contribution in [0.4, 0.5) is 5.82 Å². The first-order chi connectivity index (χ1) is 12.6. The number of aromatic carboxylic acids is 1. The third kappa shape index (κ3) is 3.21. The first kappa shape index (κ1) is 17.1. The lowest BCUT2D eigenvalue weighted by atomic mass is 9.90. The Morgan fingerprint density at radius 1 is 1.27 bits per heavy atom. The van der Waals surface area contributed by atoms with Crippen molar-refractivity contribution in [2.75, 3.05) is 32.0 Å². The third-order valence-electron chi connectivity index (χ3n) is 5.60. The molecule has 6 nitrogen and oxygen atoms in total. The third-order valence-corrected chi connectivity index (χ3v) is 5.60. The monoisotopic (exact) mass is 354 g/mol. The Labute approximate surface area is 153 Å². The summed E-state index contributed by atoms with van der Waals surface area (Å²) < 4.78 is 1.93. The Hall–Kier alpha value is -2.34. The van der Waals surface area contributed by atoms with Gasteiger partial charge in [0.15, 0.2) is 0 Å². The van der Waals surface area contributed by atoms with Crippen LogP contribution in [0.1, 0.15) is 53.2 Å². The van der Waals surface area contributed by atoms with Gasteiger partial charge in [-0.05, 0) is 70.4 Å². The van der Waals surface area contributed by atoms with E-state index in [0.717, 1.165) is 56.8 Å². The highest BCUT2D eigenvalue weighted by Gasteiger charge is 2.28. The summed E-state index contributed by atoms with van der Waals surface area (Å²) in [6, 6.07) is 7.06. The van der Waals surface area contributed by atoms with E-state index in [2.05, 4.69) is 17.3 Å². The second-order valence-corrected chi connectivity index (χ2v) is 7.44. The highest BCUT2D eigenvalue weighted by Crippen LogP contribution is 2.36. The van der Waals surface area contributed by atoms with Gasteiger partial charge in [0.2, 0.25) is 0 Å². The molecule has 1 aromatic heterocycles. The lowest BCUT2D eigenvalue weighted by Gasteiger charge is -2.28. The molecule has 138 valence electrons. The summed E-state index contributed by atoms with van der Waals surface area (Å²) in [7, 11) is 2.17. The maximum atomic E-state index is 11.4. The van der Waals surface area contributed by atoms with Crippen LogP contribution in [0.15, 0.2) is 24.3 Å². The molecule has 0 aliphatic carbocycles. The Kier molecular flexibility index (Phi) is 4.68. The number of likely N-dealkylation sites (tertiary alicyclic amines) is 1. The number of hydrogen-bond donors (Lipinski definition) is 2. The van der Waals surface area contributed by atoms with Gasteiger partial charge in [-0.15, -0.1) is 0 Å². The Morgan fingerprint density at radius 3 is 2.85 bits per heavy atom. The van der Waals surface area contributed by atoms with Gasteiger partial charge in [0, 0.05) is 18.0 Å². The highest BCUT2D eigenvalue weighted by molar-refractivity contribution is 5.88. The molecule has 0 unspecified atom stereocenters. The van der Waals surface area contributed by atoms with Gasteiger partial charge < -0.3 is 15.3 Å². The molecule has 1 fully saturated rings. The smallest absolute Gasteiger partial charge is 0.335 e. The van der Waals surface area contributed by atoms with Crippen molar-refractivity contribution in [1.82, 2.24) is 14.7 Å². The molecule has 0 amide bonds. The number of hydrogen-bond acceptors (Lipinski definition) is 4. The minimum Gasteiger partial charge on any atom is -0.478 e. The zero-order valence-electron chi connectivity index (χ0n) is 15.2. The molecule has 6 heteroatoms. The van der Waals surface area contributed by atoms with Crippen molar-refractivity contribution in [2.24, 2.45) is 0 Å². The Balaban J connectivity index is 1.77.